The molecule has 0 bridgehead atoms. The molecule has 0 radical (unpaired) electrons. The summed E-state index contributed by atoms with van der Waals surface area (Å²) in [5, 5.41) is 6.34. The first kappa shape index (κ1) is 11.9. The minimum absolute atomic E-state index is 0.508. The Bertz CT molecular complexity index is 715. The second kappa shape index (κ2) is 4.47. The second-order valence-electron chi connectivity index (χ2n) is 4.29. The number of anilines is 1. The van der Waals surface area contributed by atoms with E-state index in [-0.39, 0.29) is 0 Å². The van der Waals surface area contributed by atoms with Gasteiger partial charge >= 0.3 is 0 Å². The minimum atomic E-state index is 0.508. The van der Waals surface area contributed by atoms with Gasteiger partial charge in [0.2, 0.25) is 0 Å². The predicted octanol–water partition coefficient (Wildman–Crippen LogP) is 2.59. The van der Waals surface area contributed by atoms with Crippen LogP contribution in [0.3, 0.4) is 0 Å². The highest BCUT2D eigenvalue weighted by Crippen LogP contribution is 2.24. The van der Waals surface area contributed by atoms with Gasteiger partial charge in [0.25, 0.3) is 5.95 Å². The van der Waals surface area contributed by atoms with Gasteiger partial charge in [-0.25, -0.2) is 9.97 Å². The third-order valence-corrected chi connectivity index (χ3v) is 3.56. The molecule has 0 spiro atoms. The lowest BCUT2D eigenvalue weighted by Gasteiger charge is -2.05. The van der Waals surface area contributed by atoms with Crippen LogP contribution in [-0.2, 0) is 0 Å². The molecular weight excluding hydrogens is 258 g/mol. The van der Waals surface area contributed by atoms with Crippen LogP contribution in [0, 0.1) is 13.8 Å². The molecular formula is C13H13N5S. The van der Waals surface area contributed by atoms with Crippen molar-refractivity contribution in [2.75, 3.05) is 5.73 Å². The molecule has 3 aromatic rings. The summed E-state index contributed by atoms with van der Waals surface area (Å²) in [4.78, 5) is 10.0. The maximum absolute atomic E-state index is 5.92. The molecule has 0 saturated heterocycles. The average Bonchev–Trinajstić information content (AvgIpc) is 2.98. The van der Waals surface area contributed by atoms with E-state index in [1.807, 2.05) is 37.4 Å². The molecule has 0 aliphatic rings. The summed E-state index contributed by atoms with van der Waals surface area (Å²) in [6.45, 7) is 3.83. The van der Waals surface area contributed by atoms with Crippen LogP contribution in [-0.4, -0.2) is 19.7 Å². The highest BCUT2D eigenvalue weighted by molar-refractivity contribution is 7.13. The van der Waals surface area contributed by atoms with Crippen molar-refractivity contribution < 1.29 is 0 Å². The summed E-state index contributed by atoms with van der Waals surface area (Å²) in [6.07, 6.45) is 0. The molecule has 0 aliphatic carbocycles. The van der Waals surface area contributed by atoms with E-state index in [2.05, 4.69) is 15.1 Å². The van der Waals surface area contributed by atoms with E-state index >= 15 is 0 Å². The zero-order valence-corrected chi connectivity index (χ0v) is 11.5. The van der Waals surface area contributed by atoms with Crippen molar-refractivity contribution in [3.63, 3.8) is 0 Å². The Morgan fingerprint density at radius 3 is 2.63 bits per heavy atom. The average molecular weight is 271 g/mol. The Morgan fingerprint density at radius 2 is 2.00 bits per heavy atom. The fraction of sp³-hybridized carbons (Fsp3) is 0.154. The summed E-state index contributed by atoms with van der Waals surface area (Å²) in [6, 6.07) is 7.80. The van der Waals surface area contributed by atoms with Gasteiger partial charge in [0.05, 0.1) is 16.3 Å². The van der Waals surface area contributed by atoms with E-state index in [1.165, 1.54) is 0 Å². The zero-order valence-electron chi connectivity index (χ0n) is 10.7. The molecule has 3 heterocycles. The molecule has 19 heavy (non-hydrogen) atoms. The van der Waals surface area contributed by atoms with Crippen molar-refractivity contribution in [3.8, 4) is 16.5 Å². The Balaban J connectivity index is 2.15. The first-order valence-electron chi connectivity index (χ1n) is 5.85. The second-order valence-corrected chi connectivity index (χ2v) is 5.24. The van der Waals surface area contributed by atoms with Crippen LogP contribution in [0.25, 0.3) is 16.5 Å². The Kier molecular flexibility index (Phi) is 2.79. The Labute approximate surface area is 114 Å². The van der Waals surface area contributed by atoms with Gasteiger partial charge in [-0.1, -0.05) is 6.07 Å². The van der Waals surface area contributed by atoms with Crippen LogP contribution in [0.4, 0.5) is 5.82 Å². The van der Waals surface area contributed by atoms with E-state index in [1.54, 1.807) is 22.1 Å². The summed E-state index contributed by atoms with van der Waals surface area (Å²) >= 11 is 1.65. The van der Waals surface area contributed by atoms with Gasteiger partial charge in [0, 0.05) is 11.8 Å². The van der Waals surface area contributed by atoms with Gasteiger partial charge in [-0.05, 0) is 31.4 Å². The number of rotatable bonds is 2. The van der Waals surface area contributed by atoms with E-state index in [0.717, 1.165) is 22.0 Å². The third-order valence-electron chi connectivity index (χ3n) is 2.66. The molecule has 0 atom stereocenters. The number of hydrogen-bond donors (Lipinski definition) is 1. The molecule has 0 aliphatic heterocycles. The number of hydrogen-bond acceptors (Lipinski definition) is 5. The van der Waals surface area contributed by atoms with Gasteiger partial charge in [-0.15, -0.1) is 11.3 Å². The van der Waals surface area contributed by atoms with Gasteiger partial charge < -0.3 is 5.73 Å². The number of nitrogens with two attached hydrogens (primary N) is 1. The van der Waals surface area contributed by atoms with Crippen molar-refractivity contribution in [2.24, 2.45) is 0 Å². The Morgan fingerprint density at radius 1 is 1.16 bits per heavy atom. The largest absolute Gasteiger partial charge is 0.383 e. The van der Waals surface area contributed by atoms with E-state index in [9.17, 15) is 0 Å². The molecule has 0 amide bonds. The fourth-order valence-corrected chi connectivity index (χ4v) is 2.56. The lowest BCUT2D eigenvalue weighted by Crippen LogP contribution is -2.08. The predicted molar refractivity (Wildman–Crippen MR) is 76.4 cm³/mol. The fourth-order valence-electron chi connectivity index (χ4n) is 1.88. The van der Waals surface area contributed by atoms with Crippen LogP contribution in [0.15, 0.2) is 29.6 Å². The topological polar surface area (TPSA) is 69.6 Å². The SMILES string of the molecule is Cc1cc(-c2cccs2)nc(-n2nc(C)cc2N)n1. The molecule has 3 aromatic heterocycles. The number of nitrogen functional groups attached to an aromatic ring is 1. The molecule has 5 nitrogen and oxygen atoms in total. The molecule has 2 N–H and O–H groups in total. The van der Waals surface area contributed by atoms with Crippen LogP contribution in [0.5, 0.6) is 0 Å². The molecule has 0 saturated carbocycles. The maximum Gasteiger partial charge on any atom is 0.253 e. The highest BCUT2D eigenvalue weighted by Gasteiger charge is 2.10. The molecule has 6 heteroatoms. The molecule has 0 unspecified atom stereocenters. The van der Waals surface area contributed by atoms with Crippen molar-refractivity contribution in [1.82, 2.24) is 19.7 Å². The van der Waals surface area contributed by atoms with Gasteiger partial charge in [-0.2, -0.15) is 9.78 Å². The van der Waals surface area contributed by atoms with E-state index < -0.39 is 0 Å². The lowest BCUT2D eigenvalue weighted by atomic mass is 10.3. The van der Waals surface area contributed by atoms with Gasteiger partial charge in [-0.3, -0.25) is 0 Å². The third kappa shape index (κ3) is 2.22. The number of thiophene rings is 1. The lowest BCUT2D eigenvalue weighted by molar-refractivity contribution is 0.801. The summed E-state index contributed by atoms with van der Waals surface area (Å²) in [7, 11) is 0. The molecule has 0 fully saturated rings. The standard InChI is InChI=1S/C13H13N5S/c1-8-6-10(11-4-3-5-19-11)16-13(15-8)18-12(14)7-9(2)17-18/h3-7H,14H2,1-2H3. The van der Waals surface area contributed by atoms with Crippen molar-refractivity contribution in [3.05, 3.63) is 41.0 Å². The number of nitrogens with zero attached hydrogens (tertiary/aromatic N) is 4. The maximum atomic E-state index is 5.92. The van der Waals surface area contributed by atoms with E-state index in [4.69, 9.17) is 5.73 Å². The normalized spacial score (nSPS) is 10.8. The van der Waals surface area contributed by atoms with Crippen LogP contribution in [0.1, 0.15) is 11.4 Å². The summed E-state index contributed by atoms with van der Waals surface area (Å²) in [5.74, 6) is 1.05. The first-order valence-corrected chi connectivity index (χ1v) is 6.73. The van der Waals surface area contributed by atoms with Crippen LogP contribution < -0.4 is 5.73 Å². The Hall–Kier alpha value is -2.21. The molecule has 96 valence electrons. The molecule has 3 rings (SSSR count). The van der Waals surface area contributed by atoms with Gasteiger partial charge in [0.1, 0.15) is 5.82 Å². The highest BCUT2D eigenvalue weighted by atomic mass is 32.1. The summed E-state index contributed by atoms with van der Waals surface area (Å²) < 4.78 is 1.57. The minimum Gasteiger partial charge on any atom is -0.383 e. The van der Waals surface area contributed by atoms with Crippen molar-refractivity contribution in [2.45, 2.75) is 13.8 Å². The van der Waals surface area contributed by atoms with Crippen molar-refractivity contribution >= 4 is 17.2 Å². The first-order chi connectivity index (χ1) is 9.13. The zero-order chi connectivity index (χ0) is 13.4. The number of aryl methyl sites for hydroxylation is 2. The quantitative estimate of drug-likeness (QED) is 0.777. The van der Waals surface area contributed by atoms with Crippen LogP contribution in [0.2, 0.25) is 0 Å². The number of aromatic nitrogens is 4. The summed E-state index contributed by atoms with van der Waals surface area (Å²) in [5.41, 5.74) is 8.55. The monoisotopic (exact) mass is 271 g/mol. The van der Waals surface area contributed by atoms with E-state index in [0.29, 0.717) is 11.8 Å². The smallest absolute Gasteiger partial charge is 0.253 e. The van der Waals surface area contributed by atoms with Crippen molar-refractivity contribution in [1.29, 1.82) is 0 Å². The van der Waals surface area contributed by atoms with Crippen LogP contribution >= 0.6 is 11.3 Å². The molecule has 0 aromatic carbocycles. The van der Waals surface area contributed by atoms with Gasteiger partial charge in [0.15, 0.2) is 0 Å².